The van der Waals surface area contributed by atoms with Gasteiger partial charge in [-0.3, -0.25) is 0 Å². The number of nitrogens with one attached hydrogen (secondary N) is 1. The molecule has 0 aliphatic rings. The van der Waals surface area contributed by atoms with Gasteiger partial charge in [-0.15, -0.1) is 0 Å². The van der Waals surface area contributed by atoms with Gasteiger partial charge in [0.2, 0.25) is 0 Å². The molecule has 5 heteroatoms. The number of nitriles is 1. The van der Waals surface area contributed by atoms with Crippen molar-refractivity contribution in [2.75, 3.05) is 5.32 Å². The molecular weight excluding hydrogens is 238 g/mol. The van der Waals surface area contributed by atoms with Crippen LogP contribution in [0, 0.1) is 11.3 Å². The van der Waals surface area contributed by atoms with Crippen LogP contribution in [0.2, 0.25) is 0 Å². The molecule has 0 saturated heterocycles. The van der Waals surface area contributed by atoms with Gasteiger partial charge in [-0.2, -0.15) is 5.26 Å². The van der Waals surface area contributed by atoms with E-state index < -0.39 is 0 Å². The van der Waals surface area contributed by atoms with Crippen LogP contribution in [0.5, 0.6) is 0 Å². The third kappa shape index (κ3) is 2.00. The first-order valence-electron chi connectivity index (χ1n) is 5.81. The zero-order valence-corrected chi connectivity index (χ0v) is 10.3. The van der Waals surface area contributed by atoms with Gasteiger partial charge in [0.25, 0.3) is 0 Å². The van der Waals surface area contributed by atoms with Crippen LogP contribution in [-0.4, -0.2) is 14.5 Å². The molecule has 2 heterocycles. The maximum absolute atomic E-state index is 8.77. The Morgan fingerprint density at radius 3 is 2.68 bits per heavy atom. The van der Waals surface area contributed by atoms with E-state index in [4.69, 9.17) is 5.26 Å². The molecule has 3 aromatic rings. The molecule has 0 aliphatic heterocycles. The second-order valence-corrected chi connectivity index (χ2v) is 4.20. The molecule has 0 saturated carbocycles. The molecule has 0 amide bonds. The number of hydrogen-bond acceptors (Lipinski definition) is 4. The number of aryl methyl sites for hydroxylation is 1. The van der Waals surface area contributed by atoms with E-state index in [1.165, 1.54) is 6.33 Å². The van der Waals surface area contributed by atoms with Crippen LogP contribution in [0.15, 0.2) is 42.9 Å². The second-order valence-electron chi connectivity index (χ2n) is 4.20. The van der Waals surface area contributed by atoms with E-state index in [9.17, 15) is 0 Å². The zero-order chi connectivity index (χ0) is 13.2. The van der Waals surface area contributed by atoms with Gasteiger partial charge in [0.1, 0.15) is 17.8 Å². The Hall–Kier alpha value is -2.87. The number of hydrogen-bond donors (Lipinski definition) is 1. The highest BCUT2D eigenvalue weighted by Gasteiger charge is 2.06. The van der Waals surface area contributed by atoms with E-state index in [0.717, 1.165) is 22.5 Å². The molecule has 0 fully saturated rings. The number of nitrogens with zero attached hydrogens (tertiary/aromatic N) is 4. The van der Waals surface area contributed by atoms with E-state index in [2.05, 4.69) is 21.4 Å². The molecule has 5 nitrogen and oxygen atoms in total. The lowest BCUT2D eigenvalue weighted by atomic mass is 10.2. The van der Waals surface area contributed by atoms with Crippen LogP contribution < -0.4 is 5.32 Å². The Morgan fingerprint density at radius 2 is 1.95 bits per heavy atom. The van der Waals surface area contributed by atoms with Gasteiger partial charge in [-0.25, -0.2) is 9.97 Å². The SMILES string of the molecule is Cn1ccc2c(Nc3ccc(C#N)cc3)ncnc21. The van der Waals surface area contributed by atoms with E-state index in [0.29, 0.717) is 5.56 Å². The molecule has 1 N–H and O–H groups in total. The van der Waals surface area contributed by atoms with Gasteiger partial charge in [-0.1, -0.05) is 0 Å². The number of anilines is 2. The Bertz CT molecular complexity index is 765. The summed E-state index contributed by atoms with van der Waals surface area (Å²) in [6.07, 6.45) is 3.48. The van der Waals surface area contributed by atoms with Crippen molar-refractivity contribution < 1.29 is 0 Å². The number of fused-ring (bicyclic) bond motifs is 1. The number of aromatic nitrogens is 3. The Balaban J connectivity index is 1.98. The molecular formula is C14H11N5. The minimum absolute atomic E-state index is 0.637. The fourth-order valence-electron chi connectivity index (χ4n) is 1.94. The molecule has 0 atom stereocenters. The standard InChI is InChI=1S/C14H11N5/c1-19-7-6-12-13(16-9-17-14(12)19)18-11-4-2-10(8-15)3-5-11/h2-7,9H,1H3,(H,16,17,18). The van der Waals surface area contributed by atoms with Crippen LogP contribution in [0.25, 0.3) is 11.0 Å². The van der Waals surface area contributed by atoms with Crippen molar-refractivity contribution >= 4 is 22.5 Å². The third-order valence-corrected chi connectivity index (χ3v) is 2.94. The van der Waals surface area contributed by atoms with Crippen molar-refractivity contribution in [3.8, 4) is 6.07 Å². The maximum Gasteiger partial charge on any atom is 0.145 e. The van der Waals surface area contributed by atoms with Crippen molar-refractivity contribution in [2.45, 2.75) is 0 Å². The monoisotopic (exact) mass is 249 g/mol. The summed E-state index contributed by atoms with van der Waals surface area (Å²) < 4.78 is 1.95. The van der Waals surface area contributed by atoms with E-state index >= 15 is 0 Å². The first-order valence-corrected chi connectivity index (χ1v) is 5.81. The van der Waals surface area contributed by atoms with Gasteiger partial charge in [-0.05, 0) is 30.3 Å². The average Bonchev–Trinajstić information content (AvgIpc) is 2.83. The van der Waals surface area contributed by atoms with Gasteiger partial charge in [0.15, 0.2) is 0 Å². The van der Waals surface area contributed by atoms with Crippen LogP contribution >= 0.6 is 0 Å². The van der Waals surface area contributed by atoms with Crippen LogP contribution in [-0.2, 0) is 7.05 Å². The quantitative estimate of drug-likeness (QED) is 0.758. The molecule has 2 aromatic heterocycles. The van der Waals surface area contributed by atoms with Crippen molar-refractivity contribution in [2.24, 2.45) is 7.05 Å². The predicted octanol–water partition coefficient (Wildman–Crippen LogP) is 2.58. The van der Waals surface area contributed by atoms with Crippen LogP contribution in [0.4, 0.5) is 11.5 Å². The Labute approximate surface area is 110 Å². The van der Waals surface area contributed by atoms with Crippen molar-refractivity contribution in [3.05, 3.63) is 48.4 Å². The van der Waals surface area contributed by atoms with Gasteiger partial charge >= 0.3 is 0 Å². The zero-order valence-electron chi connectivity index (χ0n) is 10.3. The highest BCUT2D eigenvalue weighted by atomic mass is 15.1. The summed E-state index contributed by atoms with van der Waals surface area (Å²) in [5, 5.41) is 13.0. The molecule has 3 rings (SSSR count). The second kappa shape index (κ2) is 4.42. The smallest absolute Gasteiger partial charge is 0.145 e. The number of rotatable bonds is 2. The Morgan fingerprint density at radius 1 is 1.16 bits per heavy atom. The lowest BCUT2D eigenvalue weighted by molar-refractivity contribution is 0.944. The molecule has 0 radical (unpaired) electrons. The minimum Gasteiger partial charge on any atom is -0.340 e. The van der Waals surface area contributed by atoms with Gasteiger partial charge < -0.3 is 9.88 Å². The first kappa shape index (κ1) is 11.2. The van der Waals surface area contributed by atoms with Crippen LogP contribution in [0.3, 0.4) is 0 Å². The fraction of sp³-hybridized carbons (Fsp3) is 0.0714. The molecule has 92 valence electrons. The molecule has 0 unspecified atom stereocenters. The lowest BCUT2D eigenvalue weighted by Gasteiger charge is -2.06. The summed E-state index contributed by atoms with van der Waals surface area (Å²) in [6.45, 7) is 0. The summed E-state index contributed by atoms with van der Waals surface area (Å²) in [6, 6.07) is 11.3. The average molecular weight is 249 g/mol. The fourth-order valence-corrected chi connectivity index (χ4v) is 1.94. The van der Waals surface area contributed by atoms with Crippen molar-refractivity contribution in [1.29, 1.82) is 5.26 Å². The lowest BCUT2D eigenvalue weighted by Crippen LogP contribution is -1.96. The Kier molecular flexibility index (Phi) is 2.62. The summed E-state index contributed by atoms with van der Waals surface area (Å²) in [5.74, 6) is 0.760. The third-order valence-electron chi connectivity index (χ3n) is 2.94. The topological polar surface area (TPSA) is 66.5 Å². The van der Waals surface area contributed by atoms with E-state index in [1.807, 2.05) is 36.0 Å². The maximum atomic E-state index is 8.77. The highest BCUT2D eigenvalue weighted by molar-refractivity contribution is 5.89. The number of benzene rings is 1. The summed E-state index contributed by atoms with van der Waals surface area (Å²) in [7, 11) is 1.95. The van der Waals surface area contributed by atoms with E-state index in [-0.39, 0.29) is 0 Å². The molecule has 1 aromatic carbocycles. The molecule has 19 heavy (non-hydrogen) atoms. The van der Waals surface area contributed by atoms with Crippen molar-refractivity contribution in [3.63, 3.8) is 0 Å². The van der Waals surface area contributed by atoms with Crippen LogP contribution in [0.1, 0.15) is 5.56 Å². The molecule has 0 bridgehead atoms. The summed E-state index contributed by atoms with van der Waals surface area (Å²) in [5.41, 5.74) is 2.41. The van der Waals surface area contributed by atoms with E-state index in [1.54, 1.807) is 12.1 Å². The van der Waals surface area contributed by atoms with Crippen molar-refractivity contribution in [1.82, 2.24) is 14.5 Å². The van der Waals surface area contributed by atoms with Gasteiger partial charge in [0, 0.05) is 18.9 Å². The van der Waals surface area contributed by atoms with Gasteiger partial charge in [0.05, 0.1) is 17.0 Å². The normalized spacial score (nSPS) is 10.3. The summed E-state index contributed by atoms with van der Waals surface area (Å²) >= 11 is 0. The first-order chi connectivity index (χ1) is 9.28. The largest absolute Gasteiger partial charge is 0.340 e. The molecule has 0 aliphatic carbocycles. The molecule has 0 spiro atoms. The minimum atomic E-state index is 0.637. The predicted molar refractivity (Wildman–Crippen MR) is 72.9 cm³/mol. The highest BCUT2D eigenvalue weighted by Crippen LogP contribution is 2.23. The summed E-state index contributed by atoms with van der Waals surface area (Å²) in [4.78, 5) is 8.50.